The quantitative estimate of drug-likeness (QED) is 0.433. The standard InChI is InChI=1S/C24H38F2O/c1-2-3-18-4-10-21(11-5-18)22-12-6-19(7-13-22)8-14-23-15-9-20(17-27-23)16-24(25)26/h2-3,16,18-23H,4-15,17H2,1H3/b3-2+. The van der Waals surface area contributed by atoms with E-state index in [2.05, 4.69) is 19.1 Å². The van der Waals surface area contributed by atoms with Crippen LogP contribution in [0.4, 0.5) is 8.78 Å². The zero-order chi connectivity index (χ0) is 19.1. The summed E-state index contributed by atoms with van der Waals surface area (Å²) in [7, 11) is 0. The first-order chi connectivity index (χ1) is 13.1. The van der Waals surface area contributed by atoms with E-state index in [4.69, 9.17) is 4.74 Å². The Hall–Kier alpha value is -0.700. The lowest BCUT2D eigenvalue weighted by Crippen LogP contribution is -2.27. The fourth-order valence-corrected chi connectivity index (χ4v) is 5.81. The van der Waals surface area contributed by atoms with Crippen LogP contribution in [0.3, 0.4) is 0 Å². The second-order valence-corrected chi connectivity index (χ2v) is 9.31. The SMILES string of the molecule is C/C=C/C1CCC(C2CCC(CCC3CCC(C=C(F)F)CO3)CC2)CC1. The van der Waals surface area contributed by atoms with E-state index in [0.717, 1.165) is 49.0 Å². The van der Waals surface area contributed by atoms with Gasteiger partial charge in [0, 0.05) is 5.92 Å². The van der Waals surface area contributed by atoms with Crippen molar-refractivity contribution in [1.82, 2.24) is 0 Å². The van der Waals surface area contributed by atoms with Crippen molar-refractivity contribution in [3.63, 3.8) is 0 Å². The summed E-state index contributed by atoms with van der Waals surface area (Å²) in [5.74, 6) is 3.58. The molecule has 27 heavy (non-hydrogen) atoms. The Kier molecular flexibility index (Phi) is 8.36. The summed E-state index contributed by atoms with van der Waals surface area (Å²) in [5.41, 5.74) is 0. The lowest BCUT2D eigenvalue weighted by atomic mass is 9.68. The maximum atomic E-state index is 12.3. The number of ether oxygens (including phenoxy) is 1. The molecular formula is C24H38F2O. The minimum atomic E-state index is -1.56. The van der Waals surface area contributed by atoms with Gasteiger partial charge in [-0.25, -0.2) is 0 Å². The number of halogens is 2. The minimum Gasteiger partial charge on any atom is -0.378 e. The van der Waals surface area contributed by atoms with Crippen LogP contribution in [0, 0.1) is 29.6 Å². The zero-order valence-corrected chi connectivity index (χ0v) is 17.1. The van der Waals surface area contributed by atoms with Gasteiger partial charge in [0.15, 0.2) is 0 Å². The number of hydrogen-bond donors (Lipinski definition) is 0. The molecule has 0 bridgehead atoms. The van der Waals surface area contributed by atoms with Crippen LogP contribution in [0.5, 0.6) is 0 Å². The molecule has 0 aromatic heterocycles. The molecule has 0 spiro atoms. The molecule has 2 atom stereocenters. The van der Waals surface area contributed by atoms with Crippen LogP contribution < -0.4 is 0 Å². The van der Waals surface area contributed by atoms with Gasteiger partial charge in [-0.1, -0.05) is 25.0 Å². The Morgan fingerprint density at radius 3 is 2.00 bits per heavy atom. The molecule has 0 amide bonds. The van der Waals surface area contributed by atoms with Crippen molar-refractivity contribution in [3.05, 3.63) is 24.3 Å². The molecule has 0 aromatic carbocycles. The van der Waals surface area contributed by atoms with E-state index in [-0.39, 0.29) is 5.92 Å². The summed E-state index contributed by atoms with van der Waals surface area (Å²) in [6.07, 6.45) is 20.0. The van der Waals surface area contributed by atoms with Gasteiger partial charge in [0.05, 0.1) is 12.7 Å². The Bertz CT molecular complexity index is 473. The molecule has 3 fully saturated rings. The van der Waals surface area contributed by atoms with Gasteiger partial charge in [-0.3, -0.25) is 0 Å². The van der Waals surface area contributed by atoms with E-state index in [1.54, 1.807) is 0 Å². The van der Waals surface area contributed by atoms with Gasteiger partial charge in [0.2, 0.25) is 0 Å². The number of rotatable bonds is 6. The first-order valence-electron chi connectivity index (χ1n) is 11.4. The molecule has 0 aromatic rings. The van der Waals surface area contributed by atoms with Crippen molar-refractivity contribution >= 4 is 0 Å². The van der Waals surface area contributed by atoms with E-state index in [1.165, 1.54) is 57.8 Å². The second-order valence-electron chi connectivity index (χ2n) is 9.31. The molecule has 1 nitrogen and oxygen atoms in total. The van der Waals surface area contributed by atoms with Gasteiger partial charge in [-0.2, -0.15) is 8.78 Å². The molecular weight excluding hydrogens is 342 g/mol. The van der Waals surface area contributed by atoms with Crippen molar-refractivity contribution in [2.45, 2.75) is 90.1 Å². The van der Waals surface area contributed by atoms with Crippen LogP contribution in [-0.2, 0) is 4.74 Å². The summed E-state index contributed by atoms with van der Waals surface area (Å²) >= 11 is 0. The molecule has 0 N–H and O–H groups in total. The van der Waals surface area contributed by atoms with Crippen molar-refractivity contribution < 1.29 is 13.5 Å². The first-order valence-corrected chi connectivity index (χ1v) is 11.4. The monoisotopic (exact) mass is 380 g/mol. The fourth-order valence-electron chi connectivity index (χ4n) is 5.81. The van der Waals surface area contributed by atoms with Crippen molar-refractivity contribution in [1.29, 1.82) is 0 Å². The topological polar surface area (TPSA) is 9.23 Å². The van der Waals surface area contributed by atoms with E-state index >= 15 is 0 Å². The molecule has 3 heteroatoms. The number of hydrogen-bond acceptors (Lipinski definition) is 1. The molecule has 3 rings (SSSR count). The largest absolute Gasteiger partial charge is 0.378 e. The third-order valence-electron chi connectivity index (χ3n) is 7.50. The highest BCUT2D eigenvalue weighted by Crippen LogP contribution is 2.42. The highest BCUT2D eigenvalue weighted by atomic mass is 19.3. The summed E-state index contributed by atoms with van der Waals surface area (Å²) in [4.78, 5) is 0. The summed E-state index contributed by atoms with van der Waals surface area (Å²) in [6.45, 7) is 2.62. The van der Waals surface area contributed by atoms with E-state index in [9.17, 15) is 8.78 Å². The average molecular weight is 381 g/mol. The van der Waals surface area contributed by atoms with Crippen molar-refractivity contribution in [3.8, 4) is 0 Å². The lowest BCUT2D eigenvalue weighted by molar-refractivity contribution is -0.0134. The highest BCUT2D eigenvalue weighted by molar-refractivity contribution is 4.92. The maximum Gasteiger partial charge on any atom is 0.266 e. The molecule has 0 radical (unpaired) electrons. The van der Waals surface area contributed by atoms with Crippen LogP contribution >= 0.6 is 0 Å². The Labute approximate surface area is 164 Å². The van der Waals surface area contributed by atoms with Gasteiger partial charge in [-0.15, -0.1) is 0 Å². The highest BCUT2D eigenvalue weighted by Gasteiger charge is 2.30. The predicted octanol–water partition coefficient (Wildman–Crippen LogP) is 7.53. The molecule has 1 saturated heterocycles. The normalized spacial score (nSPS) is 38.0. The number of allylic oxidation sites excluding steroid dienone is 2. The van der Waals surface area contributed by atoms with Crippen molar-refractivity contribution in [2.75, 3.05) is 6.61 Å². The molecule has 3 aliphatic rings. The van der Waals surface area contributed by atoms with Crippen LogP contribution in [0.2, 0.25) is 0 Å². The van der Waals surface area contributed by atoms with E-state index in [0.29, 0.717) is 12.7 Å². The minimum absolute atomic E-state index is 0.0791. The summed E-state index contributed by atoms with van der Waals surface area (Å²) < 4.78 is 30.5. The molecule has 1 heterocycles. The third kappa shape index (κ3) is 6.69. The van der Waals surface area contributed by atoms with Gasteiger partial charge in [-0.05, 0) is 101 Å². The predicted molar refractivity (Wildman–Crippen MR) is 108 cm³/mol. The summed E-state index contributed by atoms with van der Waals surface area (Å²) in [5, 5.41) is 0. The zero-order valence-electron chi connectivity index (χ0n) is 17.1. The Morgan fingerprint density at radius 1 is 0.815 bits per heavy atom. The molecule has 2 unspecified atom stereocenters. The average Bonchev–Trinajstić information content (AvgIpc) is 2.68. The van der Waals surface area contributed by atoms with Crippen LogP contribution in [-0.4, -0.2) is 12.7 Å². The van der Waals surface area contributed by atoms with Gasteiger partial charge < -0.3 is 4.74 Å². The van der Waals surface area contributed by atoms with Crippen LogP contribution in [0.1, 0.15) is 84.0 Å². The molecule has 1 aliphatic heterocycles. The smallest absolute Gasteiger partial charge is 0.266 e. The summed E-state index contributed by atoms with van der Waals surface area (Å²) in [6, 6.07) is 0. The molecule has 154 valence electrons. The fraction of sp³-hybridized carbons (Fsp3) is 0.833. The van der Waals surface area contributed by atoms with Gasteiger partial charge in [0.25, 0.3) is 6.08 Å². The van der Waals surface area contributed by atoms with Gasteiger partial charge in [0.1, 0.15) is 0 Å². The molecule has 2 saturated carbocycles. The van der Waals surface area contributed by atoms with Gasteiger partial charge >= 0.3 is 0 Å². The van der Waals surface area contributed by atoms with E-state index in [1.807, 2.05) is 0 Å². The van der Waals surface area contributed by atoms with E-state index < -0.39 is 6.08 Å². The molecule has 2 aliphatic carbocycles. The van der Waals surface area contributed by atoms with Crippen LogP contribution in [0.15, 0.2) is 24.3 Å². The third-order valence-corrected chi connectivity index (χ3v) is 7.50. The van der Waals surface area contributed by atoms with Crippen molar-refractivity contribution in [2.24, 2.45) is 29.6 Å². The Morgan fingerprint density at radius 2 is 1.44 bits per heavy atom. The van der Waals surface area contributed by atoms with Crippen LogP contribution in [0.25, 0.3) is 0 Å². The Balaban J connectivity index is 1.30. The first kappa shape index (κ1) is 21.0. The maximum absolute atomic E-state index is 12.3. The second kappa shape index (κ2) is 10.7. The lowest BCUT2D eigenvalue weighted by Gasteiger charge is -2.38.